The molecule has 0 amide bonds. The molecule has 21 heavy (non-hydrogen) atoms. The summed E-state index contributed by atoms with van der Waals surface area (Å²) in [5, 5.41) is 3.39. The van der Waals surface area contributed by atoms with Crippen LogP contribution in [0.4, 0.5) is 13.2 Å². The monoisotopic (exact) mass is 300 g/mol. The number of alkyl halides is 3. The number of nitrogens with zero attached hydrogens (tertiary/aromatic N) is 1. The molecular weight excluding hydrogens is 277 g/mol. The smallest absolute Gasteiger partial charge is 0.307 e. The molecule has 1 aliphatic rings. The van der Waals surface area contributed by atoms with Crippen molar-refractivity contribution in [2.45, 2.75) is 38.5 Å². The van der Waals surface area contributed by atoms with E-state index in [-0.39, 0.29) is 12.1 Å². The van der Waals surface area contributed by atoms with Crippen LogP contribution in [0.5, 0.6) is 0 Å². The molecule has 0 radical (unpaired) electrons. The molecule has 1 aromatic rings. The van der Waals surface area contributed by atoms with Crippen LogP contribution in [0.3, 0.4) is 0 Å². The van der Waals surface area contributed by atoms with Gasteiger partial charge in [0.2, 0.25) is 0 Å². The first-order valence-corrected chi connectivity index (χ1v) is 7.39. The molecule has 0 spiro atoms. The summed E-state index contributed by atoms with van der Waals surface area (Å²) in [4.78, 5) is 2.26. The molecule has 1 aromatic carbocycles. The van der Waals surface area contributed by atoms with Gasteiger partial charge in [-0.1, -0.05) is 25.1 Å². The fraction of sp³-hybridized carbons (Fsp3) is 0.625. The van der Waals surface area contributed by atoms with Gasteiger partial charge in [-0.05, 0) is 44.5 Å². The van der Waals surface area contributed by atoms with Crippen molar-refractivity contribution in [3.63, 3.8) is 0 Å². The van der Waals surface area contributed by atoms with Crippen molar-refractivity contribution in [1.82, 2.24) is 10.2 Å². The van der Waals surface area contributed by atoms with E-state index in [1.54, 1.807) is 12.1 Å². The van der Waals surface area contributed by atoms with Crippen LogP contribution in [0.2, 0.25) is 0 Å². The first-order chi connectivity index (χ1) is 9.79. The zero-order valence-corrected chi connectivity index (χ0v) is 12.7. The Balaban J connectivity index is 2.12. The summed E-state index contributed by atoms with van der Waals surface area (Å²) in [5.74, 6) is 0.434. The van der Waals surface area contributed by atoms with Gasteiger partial charge in [-0.25, -0.2) is 0 Å². The Morgan fingerprint density at radius 2 is 1.95 bits per heavy atom. The molecule has 2 rings (SSSR count). The number of hydrogen-bond acceptors (Lipinski definition) is 2. The van der Waals surface area contributed by atoms with E-state index in [4.69, 9.17) is 0 Å². The van der Waals surface area contributed by atoms with Gasteiger partial charge >= 0.3 is 6.18 Å². The predicted octanol–water partition coefficient (Wildman–Crippen LogP) is 3.70. The summed E-state index contributed by atoms with van der Waals surface area (Å²) in [6.07, 6.45) is -3.33. The summed E-state index contributed by atoms with van der Waals surface area (Å²) in [6.45, 7) is 5.92. The maximum atomic E-state index is 13.1. The normalized spacial score (nSPS) is 25.8. The van der Waals surface area contributed by atoms with Crippen molar-refractivity contribution in [1.29, 1.82) is 0 Å². The Labute approximate surface area is 124 Å². The van der Waals surface area contributed by atoms with Gasteiger partial charge in [0.1, 0.15) is 0 Å². The van der Waals surface area contributed by atoms with E-state index in [2.05, 4.69) is 24.2 Å². The van der Waals surface area contributed by atoms with Crippen molar-refractivity contribution >= 4 is 0 Å². The topological polar surface area (TPSA) is 15.3 Å². The van der Waals surface area contributed by atoms with Crippen molar-refractivity contribution in [3.05, 3.63) is 35.4 Å². The number of benzene rings is 1. The fourth-order valence-electron chi connectivity index (χ4n) is 3.15. The van der Waals surface area contributed by atoms with Gasteiger partial charge in [0, 0.05) is 18.6 Å². The molecule has 1 N–H and O–H groups in total. The van der Waals surface area contributed by atoms with Crippen LogP contribution >= 0.6 is 0 Å². The summed E-state index contributed by atoms with van der Waals surface area (Å²) in [7, 11) is 2.08. The highest BCUT2D eigenvalue weighted by Gasteiger charge is 2.35. The van der Waals surface area contributed by atoms with Gasteiger partial charge in [0.05, 0.1) is 5.56 Å². The van der Waals surface area contributed by atoms with E-state index >= 15 is 0 Å². The Morgan fingerprint density at radius 1 is 1.29 bits per heavy atom. The van der Waals surface area contributed by atoms with Crippen LogP contribution in [0, 0.1) is 5.92 Å². The third kappa shape index (κ3) is 3.98. The third-order valence-electron chi connectivity index (χ3n) is 4.31. The first kappa shape index (κ1) is 16.3. The molecular formula is C16H23F3N2. The Kier molecular flexibility index (Phi) is 4.94. The molecule has 3 unspecified atom stereocenters. The molecule has 0 saturated carbocycles. The Morgan fingerprint density at radius 3 is 2.57 bits per heavy atom. The second kappa shape index (κ2) is 6.36. The Bertz CT molecular complexity index is 473. The SMILES string of the molecule is CC(NC1CCN(C)CC1C)c1ccccc1C(F)(F)F. The van der Waals surface area contributed by atoms with E-state index in [9.17, 15) is 13.2 Å². The largest absolute Gasteiger partial charge is 0.416 e. The molecule has 0 bridgehead atoms. The van der Waals surface area contributed by atoms with Gasteiger partial charge in [0.15, 0.2) is 0 Å². The zero-order valence-electron chi connectivity index (χ0n) is 12.7. The zero-order chi connectivity index (χ0) is 15.6. The van der Waals surface area contributed by atoms with Crippen LogP contribution in [0.15, 0.2) is 24.3 Å². The van der Waals surface area contributed by atoms with E-state index in [1.807, 2.05) is 6.92 Å². The van der Waals surface area contributed by atoms with Gasteiger partial charge in [-0.15, -0.1) is 0 Å². The van der Waals surface area contributed by atoms with Crippen molar-refractivity contribution in [3.8, 4) is 0 Å². The molecule has 0 aliphatic carbocycles. The highest BCUT2D eigenvalue weighted by molar-refractivity contribution is 5.32. The molecule has 1 heterocycles. The average Bonchev–Trinajstić information content (AvgIpc) is 2.41. The minimum absolute atomic E-state index is 0.262. The minimum atomic E-state index is -4.30. The van der Waals surface area contributed by atoms with Crippen LogP contribution < -0.4 is 5.32 Å². The number of halogens is 3. The standard InChI is InChI=1S/C16H23F3N2/c1-11-10-21(3)9-8-15(11)20-12(2)13-6-4-5-7-14(13)16(17,18)19/h4-7,11-12,15,20H,8-10H2,1-3H3. The number of piperidine rings is 1. The predicted molar refractivity (Wildman–Crippen MR) is 78.1 cm³/mol. The van der Waals surface area contributed by atoms with Crippen molar-refractivity contribution in [2.24, 2.45) is 5.92 Å². The number of nitrogens with one attached hydrogen (secondary N) is 1. The second-order valence-electron chi connectivity index (χ2n) is 6.11. The first-order valence-electron chi connectivity index (χ1n) is 7.39. The molecule has 3 atom stereocenters. The van der Waals surface area contributed by atoms with Crippen molar-refractivity contribution in [2.75, 3.05) is 20.1 Å². The molecule has 1 fully saturated rings. The third-order valence-corrected chi connectivity index (χ3v) is 4.31. The minimum Gasteiger partial charge on any atom is -0.307 e. The van der Waals surface area contributed by atoms with Crippen molar-refractivity contribution < 1.29 is 13.2 Å². The molecule has 0 aromatic heterocycles. The lowest BCUT2D eigenvalue weighted by atomic mass is 9.92. The Hall–Kier alpha value is -1.07. The summed E-state index contributed by atoms with van der Waals surface area (Å²) >= 11 is 0. The van der Waals surface area contributed by atoms with E-state index in [0.29, 0.717) is 11.5 Å². The van der Waals surface area contributed by atoms with Gasteiger partial charge < -0.3 is 10.2 Å². The molecule has 1 saturated heterocycles. The highest BCUT2D eigenvalue weighted by Crippen LogP contribution is 2.34. The van der Waals surface area contributed by atoms with E-state index in [1.165, 1.54) is 6.07 Å². The van der Waals surface area contributed by atoms with Crippen LogP contribution in [-0.2, 0) is 6.18 Å². The van der Waals surface area contributed by atoms with Gasteiger partial charge in [0.25, 0.3) is 0 Å². The summed E-state index contributed by atoms with van der Waals surface area (Å²) in [5.41, 5.74) is -0.207. The van der Waals surface area contributed by atoms with Crippen LogP contribution in [0.25, 0.3) is 0 Å². The van der Waals surface area contributed by atoms with E-state index in [0.717, 1.165) is 25.6 Å². The van der Waals surface area contributed by atoms with Crippen LogP contribution in [0.1, 0.15) is 37.4 Å². The van der Waals surface area contributed by atoms with Gasteiger partial charge in [-0.3, -0.25) is 0 Å². The molecule has 1 aliphatic heterocycles. The number of rotatable bonds is 3. The molecule has 2 nitrogen and oxygen atoms in total. The summed E-state index contributed by atoms with van der Waals surface area (Å²) in [6, 6.07) is 5.79. The lowest BCUT2D eigenvalue weighted by Gasteiger charge is -2.37. The molecule has 118 valence electrons. The quantitative estimate of drug-likeness (QED) is 0.915. The molecule has 5 heteroatoms. The fourth-order valence-corrected chi connectivity index (χ4v) is 3.15. The van der Waals surface area contributed by atoms with Crippen LogP contribution in [-0.4, -0.2) is 31.1 Å². The average molecular weight is 300 g/mol. The number of likely N-dealkylation sites (tertiary alicyclic amines) is 1. The van der Waals surface area contributed by atoms with E-state index < -0.39 is 11.7 Å². The summed E-state index contributed by atoms with van der Waals surface area (Å²) < 4.78 is 39.2. The lowest BCUT2D eigenvalue weighted by molar-refractivity contribution is -0.138. The number of hydrogen-bond donors (Lipinski definition) is 1. The highest BCUT2D eigenvalue weighted by atomic mass is 19.4. The van der Waals surface area contributed by atoms with Gasteiger partial charge in [-0.2, -0.15) is 13.2 Å². The second-order valence-corrected chi connectivity index (χ2v) is 6.11. The maximum absolute atomic E-state index is 13.1. The maximum Gasteiger partial charge on any atom is 0.416 e. The lowest BCUT2D eigenvalue weighted by Crippen LogP contribution is -2.47.